The second-order valence-corrected chi connectivity index (χ2v) is 3.03. The molecule has 0 radical (unpaired) electrons. The first-order valence-corrected chi connectivity index (χ1v) is 3.98. The minimum atomic E-state index is -1.28. The highest BCUT2D eigenvalue weighted by Crippen LogP contribution is 2.25. The fourth-order valence-electron chi connectivity index (χ4n) is 1.51. The van der Waals surface area contributed by atoms with Crippen molar-refractivity contribution >= 4 is 5.69 Å². The van der Waals surface area contributed by atoms with E-state index >= 15 is 0 Å². The number of rotatable bonds is 1. The largest absolute Gasteiger partial charge is 0.377 e. The number of hydrogen-bond acceptors (Lipinski definition) is 3. The number of anilines is 1. The van der Waals surface area contributed by atoms with Crippen LogP contribution in [0.5, 0.6) is 0 Å². The number of aliphatic hydroxyl groups excluding tert-OH is 1. The molecule has 2 rings (SSSR count). The summed E-state index contributed by atoms with van der Waals surface area (Å²) < 4.78 is 0. The Hall–Kier alpha value is -1.06. The molecular formula is C9H11NO2. The maximum atomic E-state index is 8.92. The van der Waals surface area contributed by atoms with Crippen molar-refractivity contribution in [1.29, 1.82) is 0 Å². The van der Waals surface area contributed by atoms with E-state index in [-0.39, 0.29) is 6.04 Å². The summed E-state index contributed by atoms with van der Waals surface area (Å²) in [6.45, 7) is 0. The van der Waals surface area contributed by atoms with Crippen molar-refractivity contribution in [1.82, 2.24) is 0 Å². The first-order valence-electron chi connectivity index (χ1n) is 3.98. The summed E-state index contributed by atoms with van der Waals surface area (Å²) in [4.78, 5) is 0. The van der Waals surface area contributed by atoms with Crippen LogP contribution in [0.1, 0.15) is 5.56 Å². The molecule has 0 saturated heterocycles. The second kappa shape index (κ2) is 2.77. The van der Waals surface area contributed by atoms with Gasteiger partial charge in [0.25, 0.3) is 0 Å². The smallest absolute Gasteiger partial charge is 0.172 e. The molecule has 1 aromatic carbocycles. The van der Waals surface area contributed by atoms with Gasteiger partial charge in [-0.2, -0.15) is 0 Å². The van der Waals surface area contributed by atoms with Crippen LogP contribution in [0, 0.1) is 0 Å². The molecule has 3 N–H and O–H groups in total. The SMILES string of the molecule is OC(O)C1Cc2ccccc2N1. The standard InChI is InChI=1S/C9H11NO2/c11-9(12)8-5-6-3-1-2-4-7(6)10-8/h1-4,8-12H,5H2. The van der Waals surface area contributed by atoms with Crippen LogP contribution in [0.2, 0.25) is 0 Å². The Kier molecular flexibility index (Phi) is 1.75. The molecule has 1 aliphatic heterocycles. The van der Waals surface area contributed by atoms with Gasteiger partial charge in [-0.15, -0.1) is 0 Å². The Morgan fingerprint density at radius 2 is 2.08 bits per heavy atom. The fourth-order valence-corrected chi connectivity index (χ4v) is 1.51. The minimum Gasteiger partial charge on any atom is -0.377 e. The third kappa shape index (κ3) is 1.17. The Balaban J connectivity index is 2.22. The van der Waals surface area contributed by atoms with Gasteiger partial charge in [0, 0.05) is 5.69 Å². The maximum absolute atomic E-state index is 8.92. The average Bonchev–Trinajstić information content (AvgIpc) is 2.46. The molecule has 0 aromatic heterocycles. The third-order valence-electron chi connectivity index (χ3n) is 2.16. The first kappa shape index (κ1) is 7.58. The lowest BCUT2D eigenvalue weighted by atomic mass is 10.1. The number of nitrogens with one attached hydrogen (secondary N) is 1. The van der Waals surface area contributed by atoms with Gasteiger partial charge in [0.15, 0.2) is 6.29 Å². The van der Waals surface area contributed by atoms with Gasteiger partial charge >= 0.3 is 0 Å². The Bertz CT molecular complexity index is 261. The van der Waals surface area contributed by atoms with E-state index in [9.17, 15) is 0 Å². The summed E-state index contributed by atoms with van der Waals surface area (Å²) in [7, 11) is 0. The van der Waals surface area contributed by atoms with E-state index in [1.165, 1.54) is 0 Å². The summed E-state index contributed by atoms with van der Waals surface area (Å²) in [6, 6.07) is 7.56. The summed E-state index contributed by atoms with van der Waals surface area (Å²) >= 11 is 0. The van der Waals surface area contributed by atoms with Crippen molar-refractivity contribution in [3.8, 4) is 0 Å². The molecule has 3 heteroatoms. The molecule has 0 aliphatic carbocycles. The lowest BCUT2D eigenvalue weighted by molar-refractivity contribution is -0.0514. The van der Waals surface area contributed by atoms with Crippen LogP contribution in [0.25, 0.3) is 0 Å². The molecule has 1 aliphatic rings. The van der Waals surface area contributed by atoms with Crippen molar-refractivity contribution in [3.63, 3.8) is 0 Å². The zero-order chi connectivity index (χ0) is 8.55. The van der Waals surface area contributed by atoms with Crippen LogP contribution in [0.3, 0.4) is 0 Å². The van der Waals surface area contributed by atoms with Crippen LogP contribution in [-0.4, -0.2) is 22.5 Å². The number of hydrogen-bond donors (Lipinski definition) is 3. The molecule has 0 saturated carbocycles. The van der Waals surface area contributed by atoms with Crippen LogP contribution >= 0.6 is 0 Å². The Labute approximate surface area is 70.7 Å². The Morgan fingerprint density at radius 3 is 2.75 bits per heavy atom. The second-order valence-electron chi connectivity index (χ2n) is 3.03. The van der Waals surface area contributed by atoms with E-state index in [1.54, 1.807) is 0 Å². The molecule has 0 spiro atoms. The molecule has 0 fully saturated rings. The van der Waals surface area contributed by atoms with Crippen molar-refractivity contribution in [2.45, 2.75) is 18.8 Å². The van der Waals surface area contributed by atoms with E-state index in [0.29, 0.717) is 6.42 Å². The van der Waals surface area contributed by atoms with E-state index in [2.05, 4.69) is 5.32 Å². The molecule has 12 heavy (non-hydrogen) atoms. The summed E-state index contributed by atoms with van der Waals surface area (Å²) in [5, 5.41) is 20.9. The number of benzene rings is 1. The number of aliphatic hydroxyl groups is 2. The molecule has 3 nitrogen and oxygen atoms in total. The molecule has 1 heterocycles. The lowest BCUT2D eigenvalue weighted by Gasteiger charge is -2.12. The predicted molar refractivity (Wildman–Crippen MR) is 45.8 cm³/mol. The zero-order valence-electron chi connectivity index (χ0n) is 6.57. The quantitative estimate of drug-likeness (QED) is 0.526. The topological polar surface area (TPSA) is 52.5 Å². The van der Waals surface area contributed by atoms with E-state index in [1.807, 2.05) is 24.3 Å². The van der Waals surface area contributed by atoms with Gasteiger partial charge in [-0.1, -0.05) is 18.2 Å². The van der Waals surface area contributed by atoms with Gasteiger partial charge in [-0.3, -0.25) is 0 Å². The first-order chi connectivity index (χ1) is 5.77. The summed E-state index contributed by atoms with van der Waals surface area (Å²) in [5.41, 5.74) is 2.16. The van der Waals surface area contributed by atoms with Crippen LogP contribution in [0.15, 0.2) is 24.3 Å². The highest BCUT2D eigenvalue weighted by molar-refractivity contribution is 5.56. The van der Waals surface area contributed by atoms with Crippen LogP contribution < -0.4 is 5.32 Å². The normalized spacial score (nSPS) is 20.8. The maximum Gasteiger partial charge on any atom is 0.172 e. The van der Waals surface area contributed by atoms with Crippen molar-refractivity contribution in [2.75, 3.05) is 5.32 Å². The van der Waals surface area contributed by atoms with E-state index in [0.717, 1.165) is 11.3 Å². The van der Waals surface area contributed by atoms with Crippen molar-refractivity contribution in [2.24, 2.45) is 0 Å². The Morgan fingerprint density at radius 1 is 1.33 bits per heavy atom. The summed E-state index contributed by atoms with van der Waals surface area (Å²) in [6.07, 6.45) is -0.592. The highest BCUT2D eigenvalue weighted by Gasteiger charge is 2.24. The fraction of sp³-hybridized carbons (Fsp3) is 0.333. The van der Waals surface area contributed by atoms with Gasteiger partial charge < -0.3 is 15.5 Å². The van der Waals surface area contributed by atoms with E-state index in [4.69, 9.17) is 10.2 Å². The number of para-hydroxylation sites is 1. The monoisotopic (exact) mass is 165 g/mol. The lowest BCUT2D eigenvalue weighted by Crippen LogP contribution is -2.30. The number of fused-ring (bicyclic) bond motifs is 1. The van der Waals surface area contributed by atoms with Crippen LogP contribution in [-0.2, 0) is 6.42 Å². The van der Waals surface area contributed by atoms with Gasteiger partial charge in [0.1, 0.15) is 0 Å². The molecule has 0 amide bonds. The zero-order valence-corrected chi connectivity index (χ0v) is 6.57. The predicted octanol–water partition coefficient (Wildman–Crippen LogP) is 0.334. The van der Waals surface area contributed by atoms with Crippen molar-refractivity contribution in [3.05, 3.63) is 29.8 Å². The van der Waals surface area contributed by atoms with Gasteiger partial charge in [0.2, 0.25) is 0 Å². The molecule has 0 bridgehead atoms. The van der Waals surface area contributed by atoms with Gasteiger partial charge in [-0.05, 0) is 18.1 Å². The van der Waals surface area contributed by atoms with Gasteiger partial charge in [-0.25, -0.2) is 0 Å². The molecule has 1 atom stereocenters. The van der Waals surface area contributed by atoms with Crippen LogP contribution in [0.4, 0.5) is 5.69 Å². The molecule has 1 aromatic rings. The van der Waals surface area contributed by atoms with Gasteiger partial charge in [0.05, 0.1) is 6.04 Å². The third-order valence-corrected chi connectivity index (χ3v) is 2.16. The summed E-state index contributed by atoms with van der Waals surface area (Å²) in [5.74, 6) is 0. The average molecular weight is 165 g/mol. The minimum absolute atomic E-state index is 0.248. The molecule has 1 unspecified atom stereocenters. The molecular weight excluding hydrogens is 154 g/mol. The molecule has 64 valence electrons. The van der Waals surface area contributed by atoms with E-state index < -0.39 is 6.29 Å². The van der Waals surface area contributed by atoms with Crippen molar-refractivity contribution < 1.29 is 10.2 Å². The highest BCUT2D eigenvalue weighted by atomic mass is 16.5.